The SMILES string of the molecule is CN1CCN(C(=O)[C@H](Cc2ccc(C(=O)Nc3cc(-c4cccs4)ccc3N)cc2)NC(=O)OCc2ccccc2)CC1. The monoisotopic (exact) mass is 597 g/mol. The molecule has 4 aromatic rings. The summed E-state index contributed by atoms with van der Waals surface area (Å²) in [5.41, 5.74) is 10.2. The number of thiophene rings is 1. The summed E-state index contributed by atoms with van der Waals surface area (Å²) in [6.45, 7) is 2.81. The lowest BCUT2D eigenvalue weighted by molar-refractivity contribution is -0.134. The van der Waals surface area contributed by atoms with Gasteiger partial charge in [-0.1, -0.05) is 54.6 Å². The van der Waals surface area contributed by atoms with Gasteiger partial charge in [0, 0.05) is 43.0 Å². The number of nitrogen functional groups attached to an aromatic ring is 1. The first-order chi connectivity index (χ1) is 20.9. The minimum Gasteiger partial charge on any atom is -0.445 e. The van der Waals surface area contributed by atoms with Crippen molar-refractivity contribution in [2.75, 3.05) is 44.3 Å². The van der Waals surface area contributed by atoms with E-state index in [1.54, 1.807) is 46.6 Å². The molecule has 1 aliphatic heterocycles. The van der Waals surface area contributed by atoms with E-state index >= 15 is 0 Å². The highest BCUT2D eigenvalue weighted by atomic mass is 32.1. The minimum atomic E-state index is -0.814. The second kappa shape index (κ2) is 14.0. The summed E-state index contributed by atoms with van der Waals surface area (Å²) in [5, 5.41) is 7.69. The van der Waals surface area contributed by atoms with Gasteiger partial charge in [0.2, 0.25) is 5.91 Å². The highest BCUT2D eigenvalue weighted by Crippen LogP contribution is 2.30. The van der Waals surface area contributed by atoms with E-state index < -0.39 is 12.1 Å². The topological polar surface area (TPSA) is 117 Å². The Morgan fingerprint density at radius 1 is 0.907 bits per heavy atom. The number of anilines is 2. The molecule has 1 atom stereocenters. The summed E-state index contributed by atoms with van der Waals surface area (Å²) in [7, 11) is 2.02. The molecular weight excluding hydrogens is 562 g/mol. The van der Waals surface area contributed by atoms with E-state index in [4.69, 9.17) is 10.5 Å². The molecule has 0 saturated carbocycles. The largest absolute Gasteiger partial charge is 0.445 e. The van der Waals surface area contributed by atoms with Crippen molar-refractivity contribution in [2.45, 2.75) is 19.1 Å². The van der Waals surface area contributed by atoms with Gasteiger partial charge in [-0.15, -0.1) is 11.3 Å². The molecule has 9 nitrogen and oxygen atoms in total. The van der Waals surface area contributed by atoms with Crippen LogP contribution in [-0.4, -0.2) is 67.0 Å². The van der Waals surface area contributed by atoms with Gasteiger partial charge < -0.3 is 30.9 Å². The van der Waals surface area contributed by atoms with E-state index in [2.05, 4.69) is 15.5 Å². The number of amides is 3. The molecule has 222 valence electrons. The molecule has 1 aromatic heterocycles. The zero-order chi connectivity index (χ0) is 30.2. The predicted molar refractivity (Wildman–Crippen MR) is 170 cm³/mol. The molecule has 3 aromatic carbocycles. The first-order valence-corrected chi connectivity index (χ1v) is 15.0. The van der Waals surface area contributed by atoms with Crippen molar-refractivity contribution >= 4 is 40.6 Å². The van der Waals surface area contributed by atoms with Crippen molar-refractivity contribution in [3.05, 3.63) is 107 Å². The molecular formula is C33H35N5O4S. The molecule has 0 unspecified atom stereocenters. The number of carbonyl (C=O) groups excluding carboxylic acids is 3. The maximum absolute atomic E-state index is 13.5. The van der Waals surface area contributed by atoms with Crippen LogP contribution >= 0.6 is 11.3 Å². The predicted octanol–water partition coefficient (Wildman–Crippen LogP) is 4.86. The second-order valence-corrected chi connectivity index (χ2v) is 11.5. The highest BCUT2D eigenvalue weighted by Gasteiger charge is 2.29. The number of ether oxygens (including phenoxy) is 1. The van der Waals surface area contributed by atoms with Gasteiger partial charge in [0.25, 0.3) is 5.91 Å². The average Bonchev–Trinajstić information content (AvgIpc) is 3.57. The van der Waals surface area contributed by atoms with Gasteiger partial charge in [0.05, 0.1) is 11.4 Å². The van der Waals surface area contributed by atoms with Crippen LogP contribution in [0, 0.1) is 0 Å². The van der Waals surface area contributed by atoms with Gasteiger partial charge in [-0.25, -0.2) is 4.79 Å². The lowest BCUT2D eigenvalue weighted by atomic mass is 10.0. The number of nitrogens with zero attached hydrogens (tertiary/aromatic N) is 2. The van der Waals surface area contributed by atoms with Gasteiger partial charge in [-0.3, -0.25) is 9.59 Å². The maximum Gasteiger partial charge on any atom is 0.408 e. The highest BCUT2D eigenvalue weighted by molar-refractivity contribution is 7.13. The summed E-state index contributed by atoms with van der Waals surface area (Å²) < 4.78 is 5.41. The number of benzene rings is 3. The molecule has 5 rings (SSSR count). The quantitative estimate of drug-likeness (QED) is 0.237. The summed E-state index contributed by atoms with van der Waals surface area (Å²) in [5.74, 6) is -0.457. The van der Waals surface area contributed by atoms with Crippen LogP contribution in [0.25, 0.3) is 10.4 Å². The number of hydrogen-bond donors (Lipinski definition) is 3. The molecule has 43 heavy (non-hydrogen) atoms. The van der Waals surface area contributed by atoms with Crippen molar-refractivity contribution < 1.29 is 19.1 Å². The van der Waals surface area contributed by atoms with E-state index in [1.807, 2.05) is 67.0 Å². The molecule has 0 aliphatic carbocycles. The fourth-order valence-electron chi connectivity index (χ4n) is 4.84. The first-order valence-electron chi connectivity index (χ1n) is 14.1. The van der Waals surface area contributed by atoms with Crippen molar-refractivity contribution in [1.29, 1.82) is 0 Å². The van der Waals surface area contributed by atoms with Crippen LogP contribution in [-0.2, 0) is 22.6 Å². The van der Waals surface area contributed by atoms with Crippen molar-refractivity contribution in [3.63, 3.8) is 0 Å². The fourth-order valence-corrected chi connectivity index (χ4v) is 5.56. The summed E-state index contributed by atoms with van der Waals surface area (Å²) in [6, 6.07) is 25.1. The molecule has 10 heteroatoms. The van der Waals surface area contributed by atoms with Gasteiger partial charge in [-0.05, 0) is 59.4 Å². The molecule has 1 saturated heterocycles. The molecule has 4 N–H and O–H groups in total. The number of likely N-dealkylation sites (N-methyl/N-ethyl adjacent to an activating group) is 1. The Morgan fingerprint density at radius 2 is 1.65 bits per heavy atom. The minimum absolute atomic E-state index is 0.104. The molecule has 0 spiro atoms. The van der Waals surface area contributed by atoms with E-state index in [1.165, 1.54) is 0 Å². The molecule has 1 fully saturated rings. The lowest BCUT2D eigenvalue weighted by Gasteiger charge is -2.34. The normalized spacial score (nSPS) is 14.1. The van der Waals surface area contributed by atoms with Gasteiger partial charge in [0.15, 0.2) is 0 Å². The van der Waals surface area contributed by atoms with Gasteiger partial charge in [0.1, 0.15) is 12.6 Å². The van der Waals surface area contributed by atoms with Gasteiger partial charge >= 0.3 is 6.09 Å². The van der Waals surface area contributed by atoms with Crippen molar-refractivity contribution in [1.82, 2.24) is 15.1 Å². The Balaban J connectivity index is 1.25. The number of rotatable bonds is 9. The Bertz CT molecular complexity index is 1540. The summed E-state index contributed by atoms with van der Waals surface area (Å²) >= 11 is 1.61. The molecule has 0 radical (unpaired) electrons. The van der Waals surface area contributed by atoms with E-state index in [0.717, 1.165) is 34.7 Å². The zero-order valence-corrected chi connectivity index (χ0v) is 24.8. The van der Waals surface area contributed by atoms with Crippen LogP contribution in [0.5, 0.6) is 0 Å². The Kier molecular flexibility index (Phi) is 9.70. The van der Waals surface area contributed by atoms with Crippen LogP contribution in [0.15, 0.2) is 90.3 Å². The number of nitrogens with two attached hydrogens (primary N) is 1. The Labute approximate surface area is 255 Å². The van der Waals surface area contributed by atoms with Crippen molar-refractivity contribution in [3.8, 4) is 10.4 Å². The van der Waals surface area contributed by atoms with Gasteiger partial charge in [-0.2, -0.15) is 0 Å². The summed E-state index contributed by atoms with van der Waals surface area (Å²) in [4.78, 5) is 44.3. The number of hydrogen-bond acceptors (Lipinski definition) is 7. The fraction of sp³-hybridized carbons (Fsp3) is 0.242. The molecule has 2 heterocycles. The standard InChI is InChI=1S/C33H35N5O4S/c1-37-15-17-38(18-16-37)32(40)29(36-33(41)42-22-24-6-3-2-4-7-24)20-23-9-11-25(12-10-23)31(39)35-28-21-26(13-14-27(28)34)30-8-5-19-43-30/h2-14,19,21,29H,15-18,20,22,34H2,1H3,(H,35,39)(H,36,41)/t29-/m0/s1. The average molecular weight is 598 g/mol. The first kappa shape index (κ1) is 29.8. The number of nitrogens with one attached hydrogen (secondary N) is 2. The second-order valence-electron chi connectivity index (χ2n) is 10.5. The number of carbonyl (C=O) groups is 3. The molecule has 1 aliphatic rings. The molecule has 0 bridgehead atoms. The third-order valence-corrected chi connectivity index (χ3v) is 8.30. The maximum atomic E-state index is 13.5. The third-order valence-electron chi connectivity index (χ3n) is 7.38. The lowest BCUT2D eigenvalue weighted by Crippen LogP contribution is -2.55. The van der Waals surface area contributed by atoms with E-state index in [-0.39, 0.29) is 24.8 Å². The van der Waals surface area contributed by atoms with Crippen molar-refractivity contribution in [2.24, 2.45) is 0 Å². The number of piperazine rings is 1. The Hall–Kier alpha value is -4.67. The zero-order valence-electron chi connectivity index (χ0n) is 24.0. The molecule has 3 amide bonds. The van der Waals surface area contributed by atoms with Crippen LogP contribution in [0.1, 0.15) is 21.5 Å². The van der Waals surface area contributed by atoms with Crippen LogP contribution < -0.4 is 16.4 Å². The Morgan fingerprint density at radius 3 is 2.35 bits per heavy atom. The smallest absolute Gasteiger partial charge is 0.408 e. The third kappa shape index (κ3) is 8.00. The number of alkyl carbamates (subject to hydrolysis) is 1. The van der Waals surface area contributed by atoms with Crippen LogP contribution in [0.4, 0.5) is 16.2 Å². The van der Waals surface area contributed by atoms with E-state index in [9.17, 15) is 14.4 Å². The summed E-state index contributed by atoms with van der Waals surface area (Å²) in [6.07, 6.45) is -0.404. The van der Waals surface area contributed by atoms with Crippen LogP contribution in [0.2, 0.25) is 0 Å². The van der Waals surface area contributed by atoms with E-state index in [0.29, 0.717) is 30.0 Å². The van der Waals surface area contributed by atoms with Crippen LogP contribution in [0.3, 0.4) is 0 Å².